The van der Waals surface area contributed by atoms with Crippen molar-refractivity contribution in [2.24, 2.45) is 0 Å². The Balaban J connectivity index is 1.28. The average molecular weight is 692 g/mol. The zero-order valence-corrected chi connectivity index (χ0v) is 29.4. The maximum Gasteiger partial charge on any atom is 0.268 e. The summed E-state index contributed by atoms with van der Waals surface area (Å²) in [6.45, 7) is 4.73. The topological polar surface area (TPSA) is 129 Å². The van der Waals surface area contributed by atoms with E-state index in [0.717, 1.165) is 54.4 Å². The lowest BCUT2D eigenvalue weighted by Gasteiger charge is -2.30. The molecule has 0 amide bonds. The van der Waals surface area contributed by atoms with Gasteiger partial charge < -0.3 is 24.8 Å². The van der Waals surface area contributed by atoms with Crippen LogP contribution in [0.5, 0.6) is 5.75 Å². The standard InChI is InChI=1S/C33H41N9O4S2/c1-38(2)12-11-30-26(21-35-47-30)22-42-31-25(19-24(32(42)43)9-14-40-15-17-41(18-16-40)48(4,44)45)20-34-33(37-31)36-27-5-7-28(8-6-27)46-29-10-13-39(3)23-29/h5-8,19-21,29H,10-13,15-18,22-23H2,1-4H3,(H,34,36,37). The van der Waals surface area contributed by atoms with E-state index in [0.29, 0.717) is 48.7 Å². The quantitative estimate of drug-likeness (QED) is 0.246. The zero-order chi connectivity index (χ0) is 33.8. The Morgan fingerprint density at radius 3 is 2.56 bits per heavy atom. The van der Waals surface area contributed by atoms with Crippen LogP contribution in [0.4, 0.5) is 11.6 Å². The number of benzene rings is 1. The van der Waals surface area contributed by atoms with Gasteiger partial charge in [-0.25, -0.2) is 17.8 Å². The summed E-state index contributed by atoms with van der Waals surface area (Å²) in [7, 11) is 2.91. The van der Waals surface area contributed by atoms with Gasteiger partial charge in [-0.3, -0.25) is 9.36 Å². The third-order valence-corrected chi connectivity index (χ3v) is 10.7. The Hall–Kier alpha value is -4.07. The summed E-state index contributed by atoms with van der Waals surface area (Å²) in [6.07, 6.45) is 6.75. The molecular weight excluding hydrogens is 651 g/mol. The number of piperazine rings is 1. The van der Waals surface area contributed by atoms with Gasteiger partial charge in [-0.2, -0.15) is 9.29 Å². The summed E-state index contributed by atoms with van der Waals surface area (Å²) in [5.74, 6) is 4.24. The number of sulfonamides is 1. The number of pyridine rings is 1. The van der Waals surface area contributed by atoms with E-state index >= 15 is 0 Å². The Morgan fingerprint density at radius 2 is 1.88 bits per heavy atom. The molecule has 0 aliphatic carbocycles. The molecule has 1 unspecified atom stereocenters. The van der Waals surface area contributed by atoms with E-state index in [2.05, 4.69) is 43.5 Å². The number of likely N-dealkylation sites (tertiary alicyclic amines) is 1. The number of hydrogen-bond acceptors (Lipinski definition) is 12. The second kappa shape index (κ2) is 14.6. The third kappa shape index (κ3) is 8.31. The summed E-state index contributed by atoms with van der Waals surface area (Å²) in [5.41, 5.74) is 2.30. The van der Waals surface area contributed by atoms with Crippen molar-refractivity contribution >= 4 is 44.2 Å². The Morgan fingerprint density at radius 1 is 1.10 bits per heavy atom. The zero-order valence-electron chi connectivity index (χ0n) is 27.7. The van der Waals surface area contributed by atoms with E-state index in [9.17, 15) is 13.2 Å². The second-order valence-electron chi connectivity index (χ2n) is 12.6. The van der Waals surface area contributed by atoms with Crippen molar-refractivity contribution in [2.75, 3.05) is 78.5 Å². The Kier molecular flexibility index (Phi) is 10.3. The first-order valence-corrected chi connectivity index (χ1v) is 18.6. The maximum atomic E-state index is 14.0. The van der Waals surface area contributed by atoms with Crippen LogP contribution in [0.15, 0.2) is 47.5 Å². The van der Waals surface area contributed by atoms with Crippen molar-refractivity contribution in [2.45, 2.75) is 25.5 Å². The predicted molar refractivity (Wildman–Crippen MR) is 188 cm³/mol. The van der Waals surface area contributed by atoms with Gasteiger partial charge in [0.05, 0.1) is 18.4 Å². The molecule has 0 saturated carbocycles. The molecule has 13 nitrogen and oxygen atoms in total. The molecule has 5 heterocycles. The monoisotopic (exact) mass is 691 g/mol. The molecule has 4 aromatic rings. The molecule has 0 spiro atoms. The highest BCUT2D eigenvalue weighted by atomic mass is 32.2. The van der Waals surface area contributed by atoms with Gasteiger partial charge in [0, 0.05) is 85.8 Å². The van der Waals surface area contributed by atoms with E-state index < -0.39 is 10.0 Å². The highest BCUT2D eigenvalue weighted by Crippen LogP contribution is 2.23. The molecule has 6 rings (SSSR count). The number of likely N-dealkylation sites (N-methyl/N-ethyl adjacent to an activating group) is 2. The van der Waals surface area contributed by atoms with Crippen LogP contribution in [0.2, 0.25) is 0 Å². The minimum absolute atomic E-state index is 0.191. The van der Waals surface area contributed by atoms with Crippen molar-refractivity contribution < 1.29 is 13.2 Å². The summed E-state index contributed by atoms with van der Waals surface area (Å²) in [4.78, 5) is 30.8. The number of hydrogen-bond donors (Lipinski definition) is 1. The fourth-order valence-corrected chi connectivity index (χ4v) is 7.32. The van der Waals surface area contributed by atoms with Crippen LogP contribution < -0.4 is 15.6 Å². The van der Waals surface area contributed by atoms with Crippen LogP contribution in [0, 0.1) is 12.0 Å². The van der Waals surface area contributed by atoms with Crippen LogP contribution in [0.3, 0.4) is 0 Å². The van der Waals surface area contributed by atoms with Gasteiger partial charge in [-0.15, -0.1) is 0 Å². The van der Waals surface area contributed by atoms with Gasteiger partial charge in [0.1, 0.15) is 17.5 Å². The van der Waals surface area contributed by atoms with E-state index in [1.165, 1.54) is 22.1 Å². The molecule has 2 aliphatic heterocycles. The molecule has 2 aliphatic rings. The predicted octanol–water partition coefficient (Wildman–Crippen LogP) is 2.11. The second-order valence-corrected chi connectivity index (χ2v) is 15.4. The van der Waals surface area contributed by atoms with E-state index in [-0.39, 0.29) is 18.2 Å². The first kappa shape index (κ1) is 33.8. The SMILES string of the molecule is CN(C)CCc1sncc1Cn1c(=O)c(C#CN2CCN(S(C)(=O)=O)CC2)cc2cnc(Nc3ccc(OC4CCN(C)C4)cc3)nc21. The van der Waals surface area contributed by atoms with Crippen LogP contribution in [-0.2, 0) is 23.0 Å². The molecule has 0 radical (unpaired) electrons. The minimum atomic E-state index is -3.25. The number of rotatable bonds is 10. The number of nitrogens with zero attached hydrogens (tertiary/aromatic N) is 8. The molecule has 1 N–H and O–H groups in total. The lowest BCUT2D eigenvalue weighted by Crippen LogP contribution is -2.46. The fraction of sp³-hybridized carbons (Fsp3) is 0.455. The number of anilines is 2. The van der Waals surface area contributed by atoms with Crippen LogP contribution in [-0.4, -0.2) is 126 Å². The Bertz CT molecular complexity index is 1980. The molecular formula is C33H41N9O4S2. The highest BCUT2D eigenvalue weighted by molar-refractivity contribution is 7.88. The number of aromatic nitrogens is 4. The minimum Gasteiger partial charge on any atom is -0.489 e. The van der Waals surface area contributed by atoms with Crippen LogP contribution >= 0.6 is 11.5 Å². The molecule has 0 bridgehead atoms. The molecule has 1 aromatic carbocycles. The van der Waals surface area contributed by atoms with Crippen molar-refractivity contribution in [3.8, 4) is 17.7 Å². The van der Waals surface area contributed by atoms with Gasteiger partial charge in [0.2, 0.25) is 16.0 Å². The van der Waals surface area contributed by atoms with Gasteiger partial charge in [-0.1, -0.05) is 0 Å². The van der Waals surface area contributed by atoms with Crippen molar-refractivity contribution in [3.63, 3.8) is 0 Å². The first-order chi connectivity index (χ1) is 23.0. The lowest BCUT2D eigenvalue weighted by molar-refractivity contribution is 0.208. The lowest BCUT2D eigenvalue weighted by atomic mass is 10.2. The van der Waals surface area contributed by atoms with E-state index in [1.807, 2.05) is 49.5 Å². The summed E-state index contributed by atoms with van der Waals surface area (Å²) >= 11 is 1.44. The Labute approximate surface area is 285 Å². The summed E-state index contributed by atoms with van der Waals surface area (Å²) in [6, 6.07) is 12.5. The molecule has 3 aromatic heterocycles. The molecule has 2 fully saturated rings. The maximum absolute atomic E-state index is 14.0. The highest BCUT2D eigenvalue weighted by Gasteiger charge is 2.23. The normalized spacial score (nSPS) is 17.5. The molecule has 1 atom stereocenters. The number of nitrogens with one attached hydrogen (secondary N) is 1. The van der Waals surface area contributed by atoms with Gasteiger partial charge in [0.25, 0.3) is 5.56 Å². The summed E-state index contributed by atoms with van der Waals surface area (Å²) in [5, 5.41) is 3.95. The molecule has 48 heavy (non-hydrogen) atoms. The van der Waals surface area contributed by atoms with Gasteiger partial charge in [-0.05, 0) is 81.8 Å². The largest absolute Gasteiger partial charge is 0.489 e. The molecule has 254 valence electrons. The number of fused-ring (bicyclic) bond motifs is 1. The van der Waals surface area contributed by atoms with Crippen molar-refractivity contribution in [1.29, 1.82) is 0 Å². The summed E-state index contributed by atoms with van der Waals surface area (Å²) < 4.78 is 37.5. The third-order valence-electron chi connectivity index (χ3n) is 8.49. The van der Waals surface area contributed by atoms with Gasteiger partial charge in [0.15, 0.2) is 0 Å². The fourth-order valence-electron chi connectivity index (χ4n) is 5.77. The van der Waals surface area contributed by atoms with Crippen molar-refractivity contribution in [3.05, 3.63) is 69.1 Å². The van der Waals surface area contributed by atoms with Gasteiger partial charge >= 0.3 is 0 Å². The van der Waals surface area contributed by atoms with Crippen molar-refractivity contribution in [1.82, 2.24) is 37.9 Å². The molecule has 15 heteroatoms. The van der Waals surface area contributed by atoms with E-state index in [1.54, 1.807) is 16.8 Å². The number of ether oxygens (including phenoxy) is 1. The average Bonchev–Trinajstić information content (AvgIpc) is 3.69. The molecule has 2 saturated heterocycles. The van der Waals surface area contributed by atoms with E-state index in [4.69, 9.17) is 9.72 Å². The smallest absolute Gasteiger partial charge is 0.268 e. The van der Waals surface area contributed by atoms with Crippen LogP contribution in [0.1, 0.15) is 22.4 Å². The van der Waals surface area contributed by atoms with Crippen LogP contribution in [0.25, 0.3) is 11.0 Å². The first-order valence-electron chi connectivity index (χ1n) is 15.9.